The van der Waals surface area contributed by atoms with Gasteiger partial charge in [0.05, 0.1) is 24.9 Å². The van der Waals surface area contributed by atoms with Gasteiger partial charge in [-0.1, -0.05) is 35.9 Å². The number of hydrogen-bond donors (Lipinski definition) is 1. The minimum Gasteiger partial charge on any atom is -0.354 e. The number of carbonyl (C=O) groups excluding carboxylic acids is 1. The zero-order valence-electron chi connectivity index (χ0n) is 13.6. The van der Waals surface area contributed by atoms with Crippen molar-refractivity contribution in [1.29, 1.82) is 0 Å². The van der Waals surface area contributed by atoms with Crippen molar-refractivity contribution in [3.63, 3.8) is 0 Å². The van der Waals surface area contributed by atoms with Gasteiger partial charge in [0.1, 0.15) is 5.82 Å². The molecular formula is C17H18ClFN2O3S. The molecule has 0 aromatic heterocycles. The molecule has 0 radical (unpaired) electrons. The van der Waals surface area contributed by atoms with Crippen LogP contribution in [0.3, 0.4) is 0 Å². The third-order valence-corrected chi connectivity index (χ3v) is 4.87. The molecule has 0 heterocycles. The van der Waals surface area contributed by atoms with Gasteiger partial charge in [-0.15, -0.1) is 0 Å². The number of rotatable bonds is 7. The molecule has 2 aromatic rings. The maximum atomic E-state index is 13.5. The molecule has 0 aliphatic heterocycles. The van der Waals surface area contributed by atoms with Gasteiger partial charge in [0.2, 0.25) is 15.9 Å². The lowest BCUT2D eigenvalue weighted by molar-refractivity contribution is -0.120. The van der Waals surface area contributed by atoms with Gasteiger partial charge >= 0.3 is 0 Å². The van der Waals surface area contributed by atoms with E-state index in [1.165, 1.54) is 18.2 Å². The van der Waals surface area contributed by atoms with Crippen LogP contribution in [0.25, 0.3) is 0 Å². The highest BCUT2D eigenvalue weighted by molar-refractivity contribution is 7.92. The SMILES string of the molecule is CS(=O)(=O)N(CCNC(=O)Cc1ccccc1F)c1cccc(Cl)c1. The van der Waals surface area contributed by atoms with Crippen LogP contribution in [-0.4, -0.2) is 33.7 Å². The van der Waals surface area contributed by atoms with Crippen LogP contribution in [0, 0.1) is 5.82 Å². The fourth-order valence-corrected chi connectivity index (χ4v) is 3.40. The molecule has 2 rings (SSSR count). The monoisotopic (exact) mass is 384 g/mol. The zero-order chi connectivity index (χ0) is 18.4. The van der Waals surface area contributed by atoms with Crippen LogP contribution in [0.2, 0.25) is 5.02 Å². The lowest BCUT2D eigenvalue weighted by Gasteiger charge is -2.22. The normalized spacial score (nSPS) is 11.2. The lowest BCUT2D eigenvalue weighted by atomic mass is 10.1. The Hall–Kier alpha value is -2.12. The molecule has 0 spiro atoms. The van der Waals surface area contributed by atoms with Crippen LogP contribution in [0.5, 0.6) is 0 Å². The number of anilines is 1. The van der Waals surface area contributed by atoms with E-state index in [1.54, 1.807) is 30.3 Å². The van der Waals surface area contributed by atoms with E-state index in [4.69, 9.17) is 11.6 Å². The molecule has 1 N–H and O–H groups in total. The molecule has 0 bridgehead atoms. The lowest BCUT2D eigenvalue weighted by Crippen LogP contribution is -2.38. The number of nitrogens with one attached hydrogen (secondary N) is 1. The minimum absolute atomic E-state index is 0.0438. The van der Waals surface area contributed by atoms with Gasteiger partial charge in [-0.25, -0.2) is 12.8 Å². The van der Waals surface area contributed by atoms with Crippen molar-refractivity contribution in [3.8, 4) is 0 Å². The Kier molecular flexibility index (Phi) is 6.39. The fraction of sp³-hybridized carbons (Fsp3) is 0.235. The summed E-state index contributed by atoms with van der Waals surface area (Å²) in [6.45, 7) is 0.134. The summed E-state index contributed by atoms with van der Waals surface area (Å²) in [5, 5.41) is 3.01. The summed E-state index contributed by atoms with van der Waals surface area (Å²) >= 11 is 5.90. The largest absolute Gasteiger partial charge is 0.354 e. The second-order valence-corrected chi connectivity index (χ2v) is 7.78. The molecule has 2 aromatic carbocycles. The molecule has 25 heavy (non-hydrogen) atoms. The summed E-state index contributed by atoms with van der Waals surface area (Å²) in [6.07, 6.45) is 0.970. The predicted molar refractivity (Wildman–Crippen MR) is 96.8 cm³/mol. The first-order chi connectivity index (χ1) is 11.8. The van der Waals surface area contributed by atoms with Gasteiger partial charge < -0.3 is 5.32 Å². The maximum Gasteiger partial charge on any atom is 0.232 e. The Morgan fingerprint density at radius 3 is 2.56 bits per heavy atom. The third kappa shape index (κ3) is 5.72. The Bertz CT molecular complexity index is 858. The Morgan fingerprint density at radius 2 is 1.92 bits per heavy atom. The van der Waals surface area contributed by atoms with Crippen LogP contribution >= 0.6 is 11.6 Å². The van der Waals surface area contributed by atoms with Crippen molar-refractivity contribution in [1.82, 2.24) is 5.32 Å². The summed E-state index contributed by atoms with van der Waals surface area (Å²) in [4.78, 5) is 11.9. The van der Waals surface area contributed by atoms with E-state index in [2.05, 4.69) is 5.32 Å². The maximum absolute atomic E-state index is 13.5. The summed E-state index contributed by atoms with van der Waals surface area (Å²) in [6, 6.07) is 12.4. The molecule has 5 nitrogen and oxygen atoms in total. The third-order valence-electron chi connectivity index (χ3n) is 3.44. The summed E-state index contributed by atoms with van der Waals surface area (Å²) in [5.41, 5.74) is 0.702. The van der Waals surface area contributed by atoms with E-state index in [9.17, 15) is 17.6 Å². The topological polar surface area (TPSA) is 66.5 Å². The number of amides is 1. The number of carbonyl (C=O) groups is 1. The van der Waals surface area contributed by atoms with Crippen molar-refractivity contribution in [2.24, 2.45) is 0 Å². The second kappa shape index (κ2) is 8.31. The van der Waals surface area contributed by atoms with E-state index in [1.807, 2.05) is 0 Å². The molecule has 0 aliphatic carbocycles. The molecule has 0 atom stereocenters. The minimum atomic E-state index is -3.53. The van der Waals surface area contributed by atoms with Gasteiger partial charge in [-0.05, 0) is 29.8 Å². The van der Waals surface area contributed by atoms with Gasteiger partial charge in [0, 0.05) is 11.6 Å². The van der Waals surface area contributed by atoms with Crippen LogP contribution in [0.4, 0.5) is 10.1 Å². The number of sulfonamides is 1. The van der Waals surface area contributed by atoms with Crippen LogP contribution in [0.15, 0.2) is 48.5 Å². The first kappa shape index (κ1) is 19.2. The first-order valence-corrected chi connectivity index (χ1v) is 9.73. The van der Waals surface area contributed by atoms with Crippen molar-refractivity contribution >= 4 is 33.2 Å². The molecule has 0 saturated heterocycles. The first-order valence-electron chi connectivity index (χ1n) is 7.51. The predicted octanol–water partition coefficient (Wildman–Crippen LogP) is 2.60. The standard InChI is InChI=1S/C17H18ClFN2O3S/c1-25(23,24)21(15-7-4-6-14(18)12-15)10-9-20-17(22)11-13-5-2-3-8-16(13)19/h2-8,12H,9-11H2,1H3,(H,20,22). The van der Waals surface area contributed by atoms with Crippen LogP contribution < -0.4 is 9.62 Å². The van der Waals surface area contributed by atoms with Crippen molar-refractivity contribution < 1.29 is 17.6 Å². The Morgan fingerprint density at radius 1 is 1.20 bits per heavy atom. The van der Waals surface area contributed by atoms with E-state index < -0.39 is 15.8 Å². The van der Waals surface area contributed by atoms with Gasteiger partial charge in [-0.3, -0.25) is 9.10 Å². The van der Waals surface area contributed by atoms with Crippen molar-refractivity contribution in [2.75, 3.05) is 23.7 Å². The second-order valence-electron chi connectivity index (χ2n) is 5.43. The molecule has 0 saturated carbocycles. The van der Waals surface area contributed by atoms with E-state index >= 15 is 0 Å². The molecule has 0 unspecified atom stereocenters. The van der Waals surface area contributed by atoms with E-state index in [0.717, 1.165) is 10.6 Å². The summed E-state index contributed by atoms with van der Waals surface area (Å²) in [5.74, 6) is -0.834. The Balaban J connectivity index is 1.97. The molecule has 1 amide bonds. The van der Waals surface area contributed by atoms with Crippen molar-refractivity contribution in [2.45, 2.75) is 6.42 Å². The average molecular weight is 385 g/mol. The number of nitrogens with zero attached hydrogens (tertiary/aromatic N) is 1. The van der Waals surface area contributed by atoms with E-state index in [0.29, 0.717) is 10.7 Å². The van der Waals surface area contributed by atoms with Crippen LogP contribution in [-0.2, 0) is 21.2 Å². The Labute approximate surface area is 151 Å². The molecular weight excluding hydrogens is 367 g/mol. The zero-order valence-corrected chi connectivity index (χ0v) is 15.1. The number of hydrogen-bond acceptors (Lipinski definition) is 3. The average Bonchev–Trinajstić information content (AvgIpc) is 2.52. The van der Waals surface area contributed by atoms with Gasteiger partial charge in [0.15, 0.2) is 0 Å². The highest BCUT2D eigenvalue weighted by atomic mass is 35.5. The molecule has 0 aliphatic rings. The number of halogens is 2. The van der Waals surface area contributed by atoms with Gasteiger partial charge in [-0.2, -0.15) is 0 Å². The molecule has 0 fully saturated rings. The smallest absolute Gasteiger partial charge is 0.232 e. The summed E-state index contributed by atoms with van der Waals surface area (Å²) < 4.78 is 38.6. The molecule has 8 heteroatoms. The van der Waals surface area contributed by atoms with E-state index in [-0.39, 0.29) is 31.0 Å². The highest BCUT2D eigenvalue weighted by Crippen LogP contribution is 2.21. The highest BCUT2D eigenvalue weighted by Gasteiger charge is 2.17. The van der Waals surface area contributed by atoms with Crippen molar-refractivity contribution in [3.05, 3.63) is 64.9 Å². The quantitative estimate of drug-likeness (QED) is 0.798. The summed E-state index contributed by atoms with van der Waals surface area (Å²) in [7, 11) is -3.53. The van der Waals surface area contributed by atoms with Gasteiger partial charge in [0.25, 0.3) is 0 Å². The fourth-order valence-electron chi connectivity index (χ4n) is 2.29. The van der Waals surface area contributed by atoms with Crippen LogP contribution in [0.1, 0.15) is 5.56 Å². The molecule has 134 valence electrons. The number of benzene rings is 2.